The summed E-state index contributed by atoms with van der Waals surface area (Å²) in [6.07, 6.45) is 8.37. The van der Waals surface area contributed by atoms with Gasteiger partial charge in [0.25, 0.3) is 5.91 Å². The first kappa shape index (κ1) is 25.6. The fourth-order valence-corrected chi connectivity index (χ4v) is 7.40. The number of nitrogens with one attached hydrogen (secondary N) is 2. The number of rotatable bonds is 3. The second-order valence-corrected chi connectivity index (χ2v) is 12.5. The van der Waals surface area contributed by atoms with Gasteiger partial charge in [0.15, 0.2) is 11.0 Å². The van der Waals surface area contributed by atoms with Gasteiger partial charge < -0.3 is 15.3 Å². The van der Waals surface area contributed by atoms with Gasteiger partial charge in [0.1, 0.15) is 15.9 Å². The number of hydrogen-bond donors (Lipinski definition) is 3. The summed E-state index contributed by atoms with van der Waals surface area (Å²) in [5, 5.41) is 13.0. The Balaban J connectivity index is 1.55. The van der Waals surface area contributed by atoms with Crippen molar-refractivity contribution in [2.45, 2.75) is 73.9 Å². The van der Waals surface area contributed by atoms with Crippen molar-refractivity contribution in [3.8, 4) is 0 Å². The molecule has 34 heavy (non-hydrogen) atoms. The summed E-state index contributed by atoms with van der Waals surface area (Å²) < 4.78 is 15.8. The van der Waals surface area contributed by atoms with E-state index in [4.69, 9.17) is 23.2 Å². The van der Waals surface area contributed by atoms with Crippen LogP contribution in [0.2, 0.25) is 8.67 Å². The normalized spacial score (nSPS) is 32.0. The number of allylic oxidation sites excluding steroid dienone is 1. The fraction of sp³-hybridized carbons (Fsp3) is 0.591. The van der Waals surface area contributed by atoms with E-state index in [0.717, 1.165) is 43.4 Å². The molecule has 3 N–H and O–H groups in total. The molecule has 0 aromatic carbocycles. The number of carbonyl (C=O) groups excluding carboxylic acids is 3. The molecule has 5 unspecified atom stereocenters. The molecule has 186 valence electrons. The van der Waals surface area contributed by atoms with Gasteiger partial charge >= 0.3 is 0 Å². The first-order valence-electron chi connectivity index (χ1n) is 11.3. The molecule has 8 nitrogen and oxygen atoms in total. The summed E-state index contributed by atoms with van der Waals surface area (Å²) in [7, 11) is -1.95. The Hall–Kier alpha value is -1.46. The molecule has 0 spiro atoms. The van der Waals surface area contributed by atoms with Gasteiger partial charge in [-0.15, -0.1) is 11.3 Å². The Kier molecular flexibility index (Phi) is 8.03. The van der Waals surface area contributed by atoms with Crippen LogP contribution in [-0.2, 0) is 25.4 Å². The lowest BCUT2D eigenvalue weighted by molar-refractivity contribution is -0.139. The lowest BCUT2D eigenvalue weighted by Gasteiger charge is -2.26. The van der Waals surface area contributed by atoms with Gasteiger partial charge in [-0.3, -0.25) is 19.1 Å². The Morgan fingerprint density at radius 3 is 2.76 bits per heavy atom. The highest BCUT2D eigenvalue weighted by atomic mass is 35.5. The van der Waals surface area contributed by atoms with Crippen LogP contribution in [-0.4, -0.2) is 56.2 Å². The molecule has 3 amide bonds. The highest BCUT2D eigenvalue weighted by Gasteiger charge is 2.61. The zero-order chi connectivity index (χ0) is 24.5. The van der Waals surface area contributed by atoms with Crippen molar-refractivity contribution in [2.24, 2.45) is 5.92 Å². The summed E-state index contributed by atoms with van der Waals surface area (Å²) in [5.41, 5.74) is -1.28. The van der Waals surface area contributed by atoms with Crippen molar-refractivity contribution in [1.82, 2.24) is 14.9 Å². The molecular weight excluding hydrogens is 521 g/mol. The molecule has 1 aliphatic carbocycles. The Morgan fingerprint density at radius 2 is 2.03 bits per heavy atom. The monoisotopic (exact) mass is 547 g/mol. The lowest BCUT2D eigenvalue weighted by atomic mass is 10.1. The van der Waals surface area contributed by atoms with E-state index in [2.05, 4.69) is 10.0 Å². The van der Waals surface area contributed by atoms with E-state index in [1.807, 2.05) is 12.2 Å². The first-order valence-corrected chi connectivity index (χ1v) is 14.1. The van der Waals surface area contributed by atoms with Crippen LogP contribution in [0.4, 0.5) is 0 Å². The number of aliphatic hydroxyl groups is 1. The number of aliphatic hydroxyl groups excluding tert-OH is 1. The van der Waals surface area contributed by atoms with Crippen LogP contribution in [0.1, 0.15) is 51.4 Å². The van der Waals surface area contributed by atoms with Crippen LogP contribution in [0, 0.1) is 5.92 Å². The van der Waals surface area contributed by atoms with Crippen molar-refractivity contribution in [3.63, 3.8) is 0 Å². The molecule has 1 aromatic heterocycles. The molecule has 2 aliphatic heterocycles. The molecule has 1 saturated carbocycles. The second kappa shape index (κ2) is 10.7. The van der Waals surface area contributed by atoms with Gasteiger partial charge in [-0.05, 0) is 31.7 Å². The van der Waals surface area contributed by atoms with E-state index in [9.17, 15) is 23.7 Å². The SMILES string of the molecule is O=C1NC2(C(=O)NS(=O)c3cc(Cl)sc3Cl)CC2/C=C\CCCCCCC(=O)N2CC(O)CC12. The van der Waals surface area contributed by atoms with Crippen LogP contribution in [0.15, 0.2) is 23.1 Å². The largest absolute Gasteiger partial charge is 0.391 e. The molecule has 12 heteroatoms. The predicted molar refractivity (Wildman–Crippen MR) is 131 cm³/mol. The average Bonchev–Trinajstić information content (AvgIpc) is 3.13. The quantitative estimate of drug-likeness (QED) is 0.503. The molecule has 0 radical (unpaired) electrons. The minimum absolute atomic E-state index is 0.0981. The van der Waals surface area contributed by atoms with Crippen LogP contribution in [0.3, 0.4) is 0 Å². The number of hydrogen-bond acceptors (Lipinski definition) is 6. The average molecular weight is 549 g/mol. The lowest BCUT2D eigenvalue weighted by Crippen LogP contribution is -2.55. The molecule has 0 bridgehead atoms. The summed E-state index contributed by atoms with van der Waals surface area (Å²) in [5.74, 6) is -1.52. The van der Waals surface area contributed by atoms with E-state index in [-0.39, 0.29) is 34.0 Å². The van der Waals surface area contributed by atoms with Gasteiger partial charge in [-0.1, -0.05) is 48.2 Å². The molecule has 1 aromatic rings. The molecule has 4 rings (SSSR count). The summed E-state index contributed by atoms with van der Waals surface area (Å²) in [6, 6.07) is 0.587. The smallest absolute Gasteiger partial charge is 0.258 e. The number of fused-ring (bicyclic) bond motifs is 2. The van der Waals surface area contributed by atoms with Gasteiger partial charge in [0.2, 0.25) is 11.8 Å². The molecule has 5 atom stereocenters. The number of nitrogens with zero attached hydrogens (tertiary/aromatic N) is 1. The standard InChI is InChI=1S/C22H27Cl2N3O5S2/c23-17-10-16(19(24)33-17)34(32)26-21(31)22-11-13(22)7-5-3-1-2-4-6-8-18(29)27-12-14(28)9-15(27)20(30)25-22/h5,7,10,13-15,28H,1-4,6,8-9,11-12H2,(H,25,30)(H,26,31)/b7-5-. The Bertz CT molecular complexity index is 1030. The highest BCUT2D eigenvalue weighted by molar-refractivity contribution is 7.84. The summed E-state index contributed by atoms with van der Waals surface area (Å²) >= 11 is 13.1. The predicted octanol–water partition coefficient (Wildman–Crippen LogP) is 2.94. The summed E-state index contributed by atoms with van der Waals surface area (Å²) in [4.78, 5) is 40.9. The van der Waals surface area contributed by atoms with Crippen LogP contribution in [0.25, 0.3) is 0 Å². The van der Waals surface area contributed by atoms with Crippen molar-refractivity contribution < 1.29 is 23.7 Å². The topological polar surface area (TPSA) is 116 Å². The Morgan fingerprint density at radius 1 is 1.26 bits per heavy atom. The summed E-state index contributed by atoms with van der Waals surface area (Å²) in [6.45, 7) is 0.0981. The number of carbonyl (C=O) groups is 3. The van der Waals surface area contributed by atoms with E-state index in [1.54, 1.807) is 0 Å². The third-order valence-electron chi connectivity index (χ3n) is 6.56. The molecular formula is C22H27Cl2N3O5S2. The number of thiophene rings is 1. The maximum atomic E-state index is 13.3. The third-order valence-corrected chi connectivity index (χ3v) is 9.38. The molecule has 2 fully saturated rings. The Labute approximate surface area is 214 Å². The third kappa shape index (κ3) is 5.51. The zero-order valence-electron chi connectivity index (χ0n) is 18.4. The van der Waals surface area contributed by atoms with Gasteiger partial charge in [0, 0.05) is 25.3 Å². The first-order chi connectivity index (χ1) is 16.2. The van der Waals surface area contributed by atoms with E-state index >= 15 is 0 Å². The van der Waals surface area contributed by atoms with Gasteiger partial charge in [-0.2, -0.15) is 0 Å². The second-order valence-electron chi connectivity index (χ2n) is 8.99. The molecule has 3 heterocycles. The van der Waals surface area contributed by atoms with E-state index in [0.29, 0.717) is 17.2 Å². The maximum absolute atomic E-state index is 13.3. The van der Waals surface area contributed by atoms with Crippen LogP contribution < -0.4 is 10.0 Å². The molecule has 1 saturated heterocycles. The van der Waals surface area contributed by atoms with E-state index < -0.39 is 40.5 Å². The fourth-order valence-electron chi connectivity index (χ4n) is 4.60. The minimum atomic E-state index is -1.95. The molecule has 3 aliphatic rings. The zero-order valence-corrected chi connectivity index (χ0v) is 21.6. The van der Waals surface area contributed by atoms with Crippen molar-refractivity contribution in [2.75, 3.05) is 6.54 Å². The van der Waals surface area contributed by atoms with Crippen molar-refractivity contribution in [1.29, 1.82) is 0 Å². The van der Waals surface area contributed by atoms with Gasteiger partial charge in [0.05, 0.1) is 15.3 Å². The van der Waals surface area contributed by atoms with Crippen LogP contribution in [0.5, 0.6) is 0 Å². The highest BCUT2D eigenvalue weighted by Crippen LogP contribution is 2.46. The van der Waals surface area contributed by atoms with Crippen LogP contribution >= 0.6 is 34.5 Å². The van der Waals surface area contributed by atoms with Gasteiger partial charge in [-0.25, -0.2) is 4.21 Å². The number of halogens is 2. The minimum Gasteiger partial charge on any atom is -0.391 e. The van der Waals surface area contributed by atoms with E-state index in [1.165, 1.54) is 11.0 Å². The van der Waals surface area contributed by atoms with Crippen molar-refractivity contribution >= 4 is 63.2 Å². The maximum Gasteiger partial charge on any atom is 0.258 e. The number of amides is 3. The van der Waals surface area contributed by atoms with Crippen molar-refractivity contribution in [3.05, 3.63) is 26.9 Å².